The third-order valence-electron chi connectivity index (χ3n) is 3.50. The number of aliphatic hydroxyl groups excluding tert-OH is 1. The molecule has 0 spiro atoms. The van der Waals surface area contributed by atoms with Gasteiger partial charge in [-0.05, 0) is 12.8 Å². The van der Waals surface area contributed by atoms with E-state index >= 15 is 0 Å². The van der Waals surface area contributed by atoms with Crippen molar-refractivity contribution in [3.05, 3.63) is 16.6 Å². The fourth-order valence-corrected chi connectivity index (χ4v) is 2.92. The average molecular weight is 254 g/mol. The Morgan fingerprint density at radius 1 is 1.47 bits per heavy atom. The standard InChI is InChI=1S/C12H18N2O2S/c15-9-12(4-2-1-3-5-12)8-14-10(16)11-13-6-7-17-11/h6-7,15H,1-5,8-9H2,(H,14,16). The number of hydrogen-bond acceptors (Lipinski definition) is 4. The lowest BCUT2D eigenvalue weighted by molar-refractivity contribution is 0.0718. The van der Waals surface area contributed by atoms with Crippen LogP contribution in [0.25, 0.3) is 0 Å². The molecule has 17 heavy (non-hydrogen) atoms. The molecule has 1 fully saturated rings. The van der Waals surface area contributed by atoms with Crippen LogP contribution in [0.1, 0.15) is 41.9 Å². The predicted octanol–water partition coefficient (Wildman–Crippen LogP) is 1.82. The van der Waals surface area contributed by atoms with Gasteiger partial charge in [-0.2, -0.15) is 0 Å². The van der Waals surface area contributed by atoms with E-state index in [1.807, 2.05) is 0 Å². The molecule has 0 aliphatic heterocycles. The second-order valence-corrected chi connectivity index (χ2v) is 5.63. The molecule has 1 heterocycles. The second kappa shape index (κ2) is 5.60. The lowest BCUT2D eigenvalue weighted by Crippen LogP contribution is -2.41. The van der Waals surface area contributed by atoms with Crippen LogP contribution in [0.15, 0.2) is 11.6 Å². The summed E-state index contributed by atoms with van der Waals surface area (Å²) in [7, 11) is 0. The maximum Gasteiger partial charge on any atom is 0.280 e. The number of carbonyl (C=O) groups is 1. The Labute approximate surface area is 105 Å². The highest BCUT2D eigenvalue weighted by atomic mass is 32.1. The first-order chi connectivity index (χ1) is 8.26. The summed E-state index contributed by atoms with van der Waals surface area (Å²) in [5.74, 6) is -0.126. The van der Waals surface area contributed by atoms with Gasteiger partial charge in [0, 0.05) is 23.5 Å². The highest BCUT2D eigenvalue weighted by Gasteiger charge is 2.31. The van der Waals surface area contributed by atoms with Crippen LogP contribution in [0.4, 0.5) is 0 Å². The molecule has 1 aliphatic rings. The molecule has 94 valence electrons. The predicted molar refractivity (Wildman–Crippen MR) is 67.1 cm³/mol. The van der Waals surface area contributed by atoms with E-state index in [1.54, 1.807) is 11.6 Å². The Hall–Kier alpha value is -0.940. The van der Waals surface area contributed by atoms with Crippen molar-refractivity contribution in [3.63, 3.8) is 0 Å². The quantitative estimate of drug-likeness (QED) is 0.861. The largest absolute Gasteiger partial charge is 0.396 e. The van der Waals surface area contributed by atoms with E-state index in [0.717, 1.165) is 25.7 Å². The fourth-order valence-electron chi connectivity index (χ4n) is 2.37. The SMILES string of the molecule is O=C(NCC1(CO)CCCCC1)c1nccs1. The number of nitrogens with zero attached hydrogens (tertiary/aromatic N) is 1. The van der Waals surface area contributed by atoms with Gasteiger partial charge in [0.05, 0.1) is 6.61 Å². The van der Waals surface area contributed by atoms with E-state index in [1.165, 1.54) is 17.8 Å². The number of carbonyl (C=O) groups excluding carboxylic acids is 1. The summed E-state index contributed by atoms with van der Waals surface area (Å²) in [4.78, 5) is 15.7. The molecule has 2 rings (SSSR count). The van der Waals surface area contributed by atoms with Gasteiger partial charge in [-0.3, -0.25) is 4.79 Å². The van der Waals surface area contributed by atoms with E-state index in [9.17, 15) is 9.90 Å². The zero-order valence-corrected chi connectivity index (χ0v) is 10.6. The van der Waals surface area contributed by atoms with Gasteiger partial charge in [0.25, 0.3) is 5.91 Å². The van der Waals surface area contributed by atoms with E-state index in [4.69, 9.17) is 0 Å². The zero-order chi connectivity index (χ0) is 12.1. The van der Waals surface area contributed by atoms with E-state index in [0.29, 0.717) is 11.6 Å². The molecular formula is C12H18N2O2S. The lowest BCUT2D eigenvalue weighted by atomic mass is 9.74. The van der Waals surface area contributed by atoms with Gasteiger partial charge < -0.3 is 10.4 Å². The number of rotatable bonds is 4. The third kappa shape index (κ3) is 3.04. The first-order valence-electron chi connectivity index (χ1n) is 6.04. The van der Waals surface area contributed by atoms with Gasteiger partial charge in [0.1, 0.15) is 0 Å². The molecule has 0 radical (unpaired) electrons. The number of thiazole rings is 1. The summed E-state index contributed by atoms with van der Waals surface area (Å²) < 4.78 is 0. The van der Waals surface area contributed by atoms with Crippen LogP contribution in [-0.2, 0) is 0 Å². The third-order valence-corrected chi connectivity index (χ3v) is 4.27. The molecule has 0 aromatic carbocycles. The number of aliphatic hydroxyl groups is 1. The normalized spacial score (nSPS) is 18.9. The van der Waals surface area contributed by atoms with Crippen LogP contribution < -0.4 is 5.32 Å². The first-order valence-corrected chi connectivity index (χ1v) is 6.92. The molecule has 1 aliphatic carbocycles. The van der Waals surface area contributed by atoms with Gasteiger partial charge in [0.2, 0.25) is 0 Å². The Morgan fingerprint density at radius 3 is 2.82 bits per heavy atom. The number of aromatic nitrogens is 1. The zero-order valence-electron chi connectivity index (χ0n) is 9.82. The highest BCUT2D eigenvalue weighted by Crippen LogP contribution is 2.35. The molecule has 1 aromatic heterocycles. The smallest absolute Gasteiger partial charge is 0.280 e. The summed E-state index contributed by atoms with van der Waals surface area (Å²) in [6.45, 7) is 0.715. The Kier molecular flexibility index (Phi) is 4.12. The topological polar surface area (TPSA) is 62.2 Å². The van der Waals surface area contributed by atoms with Crippen LogP contribution >= 0.6 is 11.3 Å². The molecule has 2 N–H and O–H groups in total. The molecule has 0 atom stereocenters. The van der Waals surface area contributed by atoms with Crippen molar-refractivity contribution < 1.29 is 9.90 Å². The molecule has 0 bridgehead atoms. The Balaban J connectivity index is 1.89. The van der Waals surface area contributed by atoms with Gasteiger partial charge in [-0.25, -0.2) is 4.98 Å². The Morgan fingerprint density at radius 2 is 2.24 bits per heavy atom. The van der Waals surface area contributed by atoms with Crippen molar-refractivity contribution in [1.29, 1.82) is 0 Å². The van der Waals surface area contributed by atoms with Crippen LogP contribution in [0.2, 0.25) is 0 Å². The van der Waals surface area contributed by atoms with Crippen molar-refractivity contribution in [3.8, 4) is 0 Å². The summed E-state index contributed by atoms with van der Waals surface area (Å²) in [5, 5.41) is 14.7. The lowest BCUT2D eigenvalue weighted by Gasteiger charge is -2.35. The van der Waals surface area contributed by atoms with Crippen molar-refractivity contribution in [2.75, 3.05) is 13.2 Å². The monoisotopic (exact) mass is 254 g/mol. The second-order valence-electron chi connectivity index (χ2n) is 4.74. The molecule has 1 saturated carbocycles. The number of hydrogen-bond donors (Lipinski definition) is 2. The van der Waals surface area contributed by atoms with E-state index in [-0.39, 0.29) is 17.9 Å². The minimum atomic E-state index is -0.126. The van der Waals surface area contributed by atoms with E-state index in [2.05, 4.69) is 10.3 Å². The van der Waals surface area contributed by atoms with Crippen LogP contribution in [0, 0.1) is 5.41 Å². The van der Waals surface area contributed by atoms with Crippen molar-refractivity contribution in [2.24, 2.45) is 5.41 Å². The summed E-state index contributed by atoms with van der Waals surface area (Å²) in [6, 6.07) is 0. The van der Waals surface area contributed by atoms with Crippen LogP contribution in [0.5, 0.6) is 0 Å². The molecule has 5 heteroatoms. The van der Waals surface area contributed by atoms with Crippen molar-refractivity contribution in [1.82, 2.24) is 10.3 Å². The van der Waals surface area contributed by atoms with Crippen molar-refractivity contribution >= 4 is 17.2 Å². The van der Waals surface area contributed by atoms with E-state index < -0.39 is 0 Å². The molecule has 0 saturated heterocycles. The van der Waals surface area contributed by atoms with Gasteiger partial charge >= 0.3 is 0 Å². The van der Waals surface area contributed by atoms with Gasteiger partial charge in [0.15, 0.2) is 5.01 Å². The fraction of sp³-hybridized carbons (Fsp3) is 0.667. The summed E-state index contributed by atoms with van der Waals surface area (Å²) >= 11 is 1.34. The maximum absolute atomic E-state index is 11.8. The minimum Gasteiger partial charge on any atom is -0.396 e. The maximum atomic E-state index is 11.8. The molecule has 1 aromatic rings. The minimum absolute atomic E-state index is 0.106. The molecular weight excluding hydrogens is 236 g/mol. The number of amides is 1. The highest BCUT2D eigenvalue weighted by molar-refractivity contribution is 7.11. The summed E-state index contributed by atoms with van der Waals surface area (Å²) in [5.41, 5.74) is -0.106. The van der Waals surface area contributed by atoms with Crippen molar-refractivity contribution in [2.45, 2.75) is 32.1 Å². The average Bonchev–Trinajstić information content (AvgIpc) is 2.91. The Bertz CT molecular complexity index is 359. The molecule has 4 nitrogen and oxygen atoms in total. The van der Waals surface area contributed by atoms with Gasteiger partial charge in [-0.15, -0.1) is 11.3 Å². The first kappa shape index (κ1) is 12.5. The van der Waals surface area contributed by atoms with Crippen LogP contribution in [0.3, 0.4) is 0 Å². The molecule has 1 amide bonds. The molecule has 0 unspecified atom stereocenters. The number of nitrogens with one attached hydrogen (secondary N) is 1. The summed E-state index contributed by atoms with van der Waals surface area (Å²) in [6.07, 6.45) is 7.16. The van der Waals surface area contributed by atoms with Gasteiger partial charge in [-0.1, -0.05) is 19.3 Å². The van der Waals surface area contributed by atoms with Crippen LogP contribution in [-0.4, -0.2) is 29.1 Å².